The zero-order valence-corrected chi connectivity index (χ0v) is 16.2. The summed E-state index contributed by atoms with van der Waals surface area (Å²) in [4.78, 5) is 23.3. The Hall–Kier alpha value is -2.53. The van der Waals surface area contributed by atoms with Gasteiger partial charge in [-0.05, 0) is 24.6 Å². The third-order valence-corrected chi connectivity index (χ3v) is 5.87. The molecule has 1 amide bonds. The van der Waals surface area contributed by atoms with Crippen LogP contribution in [0.2, 0.25) is 0 Å². The maximum atomic E-state index is 12.5. The van der Waals surface area contributed by atoms with Crippen LogP contribution < -0.4 is 10.0 Å². The molecule has 2 rings (SSSR count). The first kappa shape index (κ1) is 19.8. The number of esters is 1. The van der Waals surface area contributed by atoms with E-state index in [0.717, 1.165) is 11.3 Å². The van der Waals surface area contributed by atoms with Crippen molar-refractivity contribution in [1.82, 2.24) is 10.2 Å². The number of aryl methyl sites for hydroxylation is 1. The van der Waals surface area contributed by atoms with Gasteiger partial charge in [-0.25, -0.2) is 4.79 Å². The highest BCUT2D eigenvalue weighted by atomic mass is 32.2. The number of nitrogens with one attached hydrogen (secondary N) is 2. The molecule has 0 atom stereocenters. The average molecular weight is 398 g/mol. The highest BCUT2D eigenvalue weighted by Crippen LogP contribution is 2.25. The minimum Gasteiger partial charge on any atom is -0.465 e. The van der Waals surface area contributed by atoms with Gasteiger partial charge in [0.05, 0.1) is 18.4 Å². The van der Waals surface area contributed by atoms with Crippen molar-refractivity contribution in [2.24, 2.45) is 5.92 Å². The molecule has 1 aromatic heterocycles. The summed E-state index contributed by atoms with van der Waals surface area (Å²) in [6, 6.07) is 4.50. The van der Waals surface area contributed by atoms with E-state index in [4.69, 9.17) is 0 Å². The summed E-state index contributed by atoms with van der Waals surface area (Å²) < 4.78 is 31.7. The van der Waals surface area contributed by atoms with Crippen LogP contribution in [-0.2, 0) is 19.6 Å². The standard InChI is InChI=1S/C15H18N4O5S2/c1-8(2)12(20)16-14-17-18-15(25-14)26(22,23)19-11-7-10(13(21)24-4)6-5-9(11)3/h5-8,19H,1-4H3,(H,16,17,20). The second-order valence-electron chi connectivity index (χ2n) is 5.64. The van der Waals surface area contributed by atoms with Crippen molar-refractivity contribution in [3.05, 3.63) is 29.3 Å². The van der Waals surface area contributed by atoms with Crippen molar-refractivity contribution in [2.75, 3.05) is 17.1 Å². The van der Waals surface area contributed by atoms with Crippen LogP contribution in [0.4, 0.5) is 10.8 Å². The lowest BCUT2D eigenvalue weighted by Crippen LogP contribution is -2.17. The van der Waals surface area contributed by atoms with Gasteiger partial charge in [-0.15, -0.1) is 10.2 Å². The summed E-state index contributed by atoms with van der Waals surface area (Å²) >= 11 is 0.729. The zero-order chi connectivity index (χ0) is 19.5. The molecule has 0 saturated carbocycles. The SMILES string of the molecule is COC(=O)c1ccc(C)c(NS(=O)(=O)c2nnc(NC(=O)C(C)C)s2)c1. The third-order valence-electron chi connectivity index (χ3n) is 3.29. The van der Waals surface area contributed by atoms with Crippen LogP contribution in [-0.4, -0.2) is 37.6 Å². The van der Waals surface area contributed by atoms with Gasteiger partial charge in [0.25, 0.3) is 14.4 Å². The summed E-state index contributed by atoms with van der Waals surface area (Å²) in [7, 11) is -2.79. The molecule has 0 unspecified atom stereocenters. The van der Waals surface area contributed by atoms with E-state index in [1.54, 1.807) is 26.8 Å². The Labute approximate surface area is 154 Å². The maximum absolute atomic E-state index is 12.5. The number of hydrogen-bond donors (Lipinski definition) is 2. The highest BCUT2D eigenvalue weighted by molar-refractivity contribution is 7.94. The molecular formula is C15H18N4O5S2. The first-order valence-corrected chi connectivity index (χ1v) is 9.80. The summed E-state index contributed by atoms with van der Waals surface area (Å²) in [5.74, 6) is -1.15. The quantitative estimate of drug-likeness (QED) is 0.563. The molecule has 11 heteroatoms. The number of sulfonamides is 1. The molecule has 2 aromatic rings. The summed E-state index contributed by atoms with van der Waals surface area (Å²) in [6.45, 7) is 5.09. The topological polar surface area (TPSA) is 127 Å². The number of nitrogens with zero attached hydrogens (tertiary/aromatic N) is 2. The number of rotatable bonds is 6. The van der Waals surface area contributed by atoms with Crippen LogP contribution in [0.15, 0.2) is 22.5 Å². The van der Waals surface area contributed by atoms with Crippen molar-refractivity contribution in [2.45, 2.75) is 25.1 Å². The lowest BCUT2D eigenvalue weighted by atomic mass is 10.1. The monoisotopic (exact) mass is 398 g/mol. The van der Waals surface area contributed by atoms with Gasteiger partial charge in [-0.2, -0.15) is 8.42 Å². The molecule has 2 N–H and O–H groups in total. The van der Waals surface area contributed by atoms with Crippen LogP contribution in [0, 0.1) is 12.8 Å². The molecule has 26 heavy (non-hydrogen) atoms. The summed E-state index contributed by atoms with van der Waals surface area (Å²) in [5.41, 5.74) is 1.04. The van der Waals surface area contributed by atoms with E-state index < -0.39 is 16.0 Å². The van der Waals surface area contributed by atoms with E-state index in [0.29, 0.717) is 5.56 Å². The number of aromatic nitrogens is 2. The number of benzene rings is 1. The first-order chi connectivity index (χ1) is 12.1. The van der Waals surface area contributed by atoms with Crippen LogP contribution >= 0.6 is 11.3 Å². The van der Waals surface area contributed by atoms with E-state index in [1.807, 2.05) is 0 Å². The van der Waals surface area contributed by atoms with E-state index >= 15 is 0 Å². The minimum absolute atomic E-state index is 0.0871. The molecule has 0 bridgehead atoms. The van der Waals surface area contributed by atoms with Crippen LogP contribution in [0.5, 0.6) is 0 Å². The normalized spacial score (nSPS) is 11.3. The number of amides is 1. The molecule has 0 aliphatic carbocycles. The first-order valence-electron chi connectivity index (χ1n) is 7.50. The molecule has 1 aromatic carbocycles. The van der Waals surface area contributed by atoms with E-state index in [2.05, 4.69) is 25.0 Å². The molecule has 140 valence electrons. The predicted molar refractivity (Wildman–Crippen MR) is 96.7 cm³/mol. The van der Waals surface area contributed by atoms with Crippen molar-refractivity contribution < 1.29 is 22.7 Å². The maximum Gasteiger partial charge on any atom is 0.337 e. The van der Waals surface area contributed by atoms with E-state index in [1.165, 1.54) is 19.2 Å². The molecule has 0 saturated heterocycles. The Kier molecular flexibility index (Phi) is 5.93. The number of carbonyl (C=O) groups excluding carboxylic acids is 2. The summed E-state index contributed by atoms with van der Waals surface area (Å²) in [6.07, 6.45) is 0. The average Bonchev–Trinajstić information content (AvgIpc) is 3.05. The molecule has 9 nitrogen and oxygen atoms in total. The van der Waals surface area contributed by atoms with Crippen LogP contribution in [0.25, 0.3) is 0 Å². The third kappa shape index (κ3) is 4.55. The molecule has 0 radical (unpaired) electrons. The zero-order valence-electron chi connectivity index (χ0n) is 14.6. The predicted octanol–water partition coefficient (Wildman–Crippen LogP) is 2.03. The van der Waals surface area contributed by atoms with Gasteiger partial charge >= 0.3 is 5.97 Å². The number of hydrogen-bond acceptors (Lipinski definition) is 8. The number of anilines is 2. The Balaban J connectivity index is 2.25. The second-order valence-corrected chi connectivity index (χ2v) is 8.48. The van der Waals surface area contributed by atoms with Gasteiger partial charge in [-0.3, -0.25) is 9.52 Å². The number of ether oxygens (including phenoxy) is 1. The van der Waals surface area contributed by atoms with Crippen LogP contribution in [0.1, 0.15) is 29.8 Å². The van der Waals surface area contributed by atoms with E-state index in [-0.39, 0.29) is 32.5 Å². The molecule has 0 fully saturated rings. The van der Waals surface area contributed by atoms with Gasteiger partial charge in [0.15, 0.2) is 0 Å². The van der Waals surface area contributed by atoms with Gasteiger partial charge in [0, 0.05) is 5.92 Å². The van der Waals surface area contributed by atoms with Gasteiger partial charge in [0.2, 0.25) is 11.0 Å². The Morgan fingerprint density at radius 2 is 1.92 bits per heavy atom. The highest BCUT2D eigenvalue weighted by Gasteiger charge is 2.23. The molecule has 0 aliphatic rings. The molecular weight excluding hydrogens is 380 g/mol. The second kappa shape index (κ2) is 7.79. The van der Waals surface area contributed by atoms with Crippen molar-refractivity contribution in [3.63, 3.8) is 0 Å². The lowest BCUT2D eigenvalue weighted by Gasteiger charge is -2.10. The van der Waals surface area contributed by atoms with Crippen LogP contribution in [0.3, 0.4) is 0 Å². The fraction of sp³-hybridized carbons (Fsp3) is 0.333. The smallest absolute Gasteiger partial charge is 0.337 e. The Bertz CT molecular complexity index is 937. The number of carbonyl (C=O) groups is 2. The molecule has 0 spiro atoms. The fourth-order valence-corrected chi connectivity index (χ4v) is 3.81. The Morgan fingerprint density at radius 3 is 2.54 bits per heavy atom. The largest absolute Gasteiger partial charge is 0.465 e. The fourth-order valence-electron chi connectivity index (χ4n) is 1.78. The van der Waals surface area contributed by atoms with Gasteiger partial charge in [0.1, 0.15) is 0 Å². The Morgan fingerprint density at radius 1 is 1.23 bits per heavy atom. The van der Waals surface area contributed by atoms with E-state index in [9.17, 15) is 18.0 Å². The number of methoxy groups -OCH3 is 1. The summed E-state index contributed by atoms with van der Waals surface area (Å²) in [5, 5.41) is 9.86. The lowest BCUT2D eigenvalue weighted by molar-refractivity contribution is -0.118. The van der Waals surface area contributed by atoms with Crippen molar-refractivity contribution in [1.29, 1.82) is 0 Å². The molecule has 1 heterocycles. The van der Waals surface area contributed by atoms with Crippen molar-refractivity contribution in [3.8, 4) is 0 Å². The van der Waals surface area contributed by atoms with Gasteiger partial charge < -0.3 is 10.1 Å². The van der Waals surface area contributed by atoms with Gasteiger partial charge in [-0.1, -0.05) is 31.3 Å². The minimum atomic E-state index is -4.03. The molecule has 0 aliphatic heterocycles. The van der Waals surface area contributed by atoms with Crippen molar-refractivity contribution >= 4 is 44.1 Å².